The van der Waals surface area contributed by atoms with Crippen LogP contribution >= 0.6 is 11.3 Å². The van der Waals surface area contributed by atoms with Crippen molar-refractivity contribution in [1.29, 1.82) is 0 Å². The maximum Gasteiger partial charge on any atom is 0.119 e. The molecule has 0 aliphatic rings. The SMILES string of the molecule is CC(C)(C)NCC(O)COc1ccc(-c2ccsc2)cc1. The van der Waals surface area contributed by atoms with Crippen molar-refractivity contribution in [1.82, 2.24) is 5.32 Å². The topological polar surface area (TPSA) is 41.5 Å². The van der Waals surface area contributed by atoms with E-state index in [4.69, 9.17) is 4.74 Å². The third-order valence-corrected chi connectivity index (χ3v) is 3.70. The molecule has 21 heavy (non-hydrogen) atoms. The van der Waals surface area contributed by atoms with Crippen LogP contribution in [0.5, 0.6) is 5.75 Å². The Bertz CT molecular complexity index is 529. The van der Waals surface area contributed by atoms with Gasteiger partial charge in [0.25, 0.3) is 0 Å². The number of β-amino-alcohol motifs (C(OH)–C–C–N with tert-alkyl or cyclic N) is 1. The van der Waals surface area contributed by atoms with Crippen molar-refractivity contribution in [2.45, 2.75) is 32.4 Å². The predicted octanol–water partition coefficient (Wildman–Crippen LogP) is 3.54. The Morgan fingerprint density at radius 1 is 1.14 bits per heavy atom. The fourth-order valence-corrected chi connectivity index (χ4v) is 2.51. The van der Waals surface area contributed by atoms with Crippen molar-refractivity contribution >= 4 is 11.3 Å². The number of thiophene rings is 1. The highest BCUT2D eigenvalue weighted by Crippen LogP contribution is 2.24. The second kappa shape index (κ2) is 7.07. The Labute approximate surface area is 130 Å². The number of rotatable bonds is 6. The molecule has 0 radical (unpaired) electrons. The van der Waals surface area contributed by atoms with Crippen molar-refractivity contribution in [3.8, 4) is 16.9 Å². The van der Waals surface area contributed by atoms with Crippen LogP contribution in [0, 0.1) is 0 Å². The number of aliphatic hydroxyl groups excluding tert-OH is 1. The first-order chi connectivity index (χ1) is 9.94. The number of nitrogens with one attached hydrogen (secondary N) is 1. The van der Waals surface area contributed by atoms with Gasteiger partial charge in [-0.1, -0.05) is 12.1 Å². The summed E-state index contributed by atoms with van der Waals surface area (Å²) in [6, 6.07) is 10.1. The van der Waals surface area contributed by atoms with Crippen LogP contribution in [0.4, 0.5) is 0 Å². The minimum Gasteiger partial charge on any atom is -0.491 e. The molecule has 114 valence electrons. The van der Waals surface area contributed by atoms with E-state index in [1.807, 2.05) is 24.3 Å². The molecule has 2 N–H and O–H groups in total. The van der Waals surface area contributed by atoms with Gasteiger partial charge in [-0.2, -0.15) is 11.3 Å². The Kier molecular flexibility index (Phi) is 5.39. The third-order valence-electron chi connectivity index (χ3n) is 3.02. The lowest BCUT2D eigenvalue weighted by molar-refractivity contribution is 0.100. The highest BCUT2D eigenvalue weighted by Gasteiger charge is 2.12. The van der Waals surface area contributed by atoms with E-state index < -0.39 is 6.10 Å². The first kappa shape index (κ1) is 16.0. The van der Waals surface area contributed by atoms with Gasteiger partial charge >= 0.3 is 0 Å². The van der Waals surface area contributed by atoms with Gasteiger partial charge in [-0.3, -0.25) is 0 Å². The van der Waals surface area contributed by atoms with Gasteiger partial charge in [0, 0.05) is 12.1 Å². The second-order valence-corrected chi connectivity index (χ2v) is 6.91. The zero-order valence-corrected chi connectivity index (χ0v) is 13.6. The van der Waals surface area contributed by atoms with Gasteiger partial charge in [-0.25, -0.2) is 0 Å². The molecule has 4 heteroatoms. The average molecular weight is 305 g/mol. The van der Waals surface area contributed by atoms with E-state index in [1.54, 1.807) is 11.3 Å². The van der Waals surface area contributed by atoms with Gasteiger partial charge < -0.3 is 15.2 Å². The van der Waals surface area contributed by atoms with Gasteiger partial charge in [0.05, 0.1) is 0 Å². The van der Waals surface area contributed by atoms with Crippen LogP contribution in [0.25, 0.3) is 11.1 Å². The van der Waals surface area contributed by atoms with Gasteiger partial charge in [-0.05, 0) is 60.9 Å². The summed E-state index contributed by atoms with van der Waals surface area (Å²) in [6.45, 7) is 7.04. The van der Waals surface area contributed by atoms with E-state index >= 15 is 0 Å². The zero-order chi connectivity index (χ0) is 15.3. The normalized spacial score (nSPS) is 13.1. The van der Waals surface area contributed by atoms with E-state index in [0.29, 0.717) is 13.2 Å². The van der Waals surface area contributed by atoms with E-state index in [9.17, 15) is 5.11 Å². The van der Waals surface area contributed by atoms with Crippen LogP contribution in [-0.2, 0) is 0 Å². The lowest BCUT2D eigenvalue weighted by Gasteiger charge is -2.23. The molecule has 1 aromatic heterocycles. The number of hydrogen-bond acceptors (Lipinski definition) is 4. The van der Waals surface area contributed by atoms with E-state index in [2.05, 4.69) is 42.9 Å². The number of hydrogen-bond donors (Lipinski definition) is 2. The molecule has 3 nitrogen and oxygen atoms in total. The highest BCUT2D eigenvalue weighted by atomic mass is 32.1. The third kappa shape index (κ3) is 5.50. The molecule has 2 rings (SSSR count). The molecule has 1 atom stereocenters. The van der Waals surface area contributed by atoms with Crippen LogP contribution in [0.1, 0.15) is 20.8 Å². The van der Waals surface area contributed by atoms with Gasteiger partial charge in [0.1, 0.15) is 18.5 Å². The molecular formula is C17H23NO2S. The molecule has 1 unspecified atom stereocenters. The fraction of sp³-hybridized carbons (Fsp3) is 0.412. The van der Waals surface area contributed by atoms with Gasteiger partial charge in [-0.15, -0.1) is 0 Å². The molecule has 0 amide bonds. The smallest absolute Gasteiger partial charge is 0.119 e. The first-order valence-corrected chi connectivity index (χ1v) is 8.07. The van der Waals surface area contributed by atoms with Crippen LogP contribution in [0.15, 0.2) is 41.1 Å². The largest absolute Gasteiger partial charge is 0.491 e. The monoisotopic (exact) mass is 305 g/mol. The van der Waals surface area contributed by atoms with Gasteiger partial charge in [0.15, 0.2) is 0 Å². The Hall–Kier alpha value is -1.36. The van der Waals surface area contributed by atoms with E-state index in [-0.39, 0.29) is 5.54 Å². The van der Waals surface area contributed by atoms with Crippen molar-refractivity contribution < 1.29 is 9.84 Å². The molecule has 0 saturated heterocycles. The Morgan fingerprint density at radius 2 is 1.86 bits per heavy atom. The summed E-state index contributed by atoms with van der Waals surface area (Å²) in [5.41, 5.74) is 2.41. The van der Waals surface area contributed by atoms with Crippen molar-refractivity contribution in [2.75, 3.05) is 13.2 Å². The molecular weight excluding hydrogens is 282 g/mol. The summed E-state index contributed by atoms with van der Waals surface area (Å²) in [5.74, 6) is 0.781. The zero-order valence-electron chi connectivity index (χ0n) is 12.8. The minimum atomic E-state index is -0.513. The quantitative estimate of drug-likeness (QED) is 0.857. The summed E-state index contributed by atoms with van der Waals surface area (Å²) in [5, 5.41) is 17.3. The summed E-state index contributed by atoms with van der Waals surface area (Å²) in [6.07, 6.45) is -0.513. The van der Waals surface area contributed by atoms with Gasteiger partial charge in [0.2, 0.25) is 0 Å². The average Bonchev–Trinajstić information content (AvgIpc) is 2.97. The maximum absolute atomic E-state index is 9.89. The molecule has 1 aromatic carbocycles. The fourth-order valence-electron chi connectivity index (χ4n) is 1.85. The Balaban J connectivity index is 1.81. The lowest BCUT2D eigenvalue weighted by atomic mass is 10.1. The molecule has 0 fully saturated rings. The predicted molar refractivity (Wildman–Crippen MR) is 89.0 cm³/mol. The van der Waals surface area contributed by atoms with Crippen molar-refractivity contribution in [3.05, 3.63) is 41.1 Å². The van der Waals surface area contributed by atoms with E-state index in [1.165, 1.54) is 11.1 Å². The number of ether oxygens (including phenoxy) is 1. The second-order valence-electron chi connectivity index (χ2n) is 6.13. The van der Waals surface area contributed by atoms with Crippen molar-refractivity contribution in [2.24, 2.45) is 0 Å². The molecule has 1 heterocycles. The van der Waals surface area contributed by atoms with Crippen molar-refractivity contribution in [3.63, 3.8) is 0 Å². The standard InChI is InChI=1S/C17H23NO2S/c1-17(2,3)18-10-15(19)11-20-16-6-4-13(5-7-16)14-8-9-21-12-14/h4-9,12,15,18-19H,10-11H2,1-3H3. The molecule has 0 saturated carbocycles. The highest BCUT2D eigenvalue weighted by molar-refractivity contribution is 7.08. The minimum absolute atomic E-state index is 0.00314. The van der Waals surface area contributed by atoms with Crippen LogP contribution < -0.4 is 10.1 Å². The maximum atomic E-state index is 9.89. The van der Waals surface area contributed by atoms with Crippen LogP contribution in [0.3, 0.4) is 0 Å². The molecule has 0 aliphatic heterocycles. The molecule has 0 aliphatic carbocycles. The summed E-state index contributed by atoms with van der Waals surface area (Å²) in [4.78, 5) is 0. The van der Waals surface area contributed by atoms with Crippen LogP contribution in [-0.4, -0.2) is 29.9 Å². The first-order valence-electron chi connectivity index (χ1n) is 7.12. The summed E-state index contributed by atoms with van der Waals surface area (Å²) >= 11 is 1.69. The lowest BCUT2D eigenvalue weighted by Crippen LogP contribution is -2.42. The summed E-state index contributed by atoms with van der Waals surface area (Å²) < 4.78 is 5.62. The molecule has 0 bridgehead atoms. The molecule has 0 spiro atoms. The summed E-state index contributed by atoms with van der Waals surface area (Å²) in [7, 11) is 0. The Morgan fingerprint density at radius 3 is 2.43 bits per heavy atom. The van der Waals surface area contributed by atoms with Crippen LogP contribution in [0.2, 0.25) is 0 Å². The van der Waals surface area contributed by atoms with E-state index in [0.717, 1.165) is 5.75 Å². The number of benzene rings is 1. The number of aliphatic hydroxyl groups is 1. The molecule has 2 aromatic rings.